The van der Waals surface area contributed by atoms with Crippen LogP contribution in [0.5, 0.6) is 11.5 Å². The molecule has 1 aliphatic rings. The van der Waals surface area contributed by atoms with Gasteiger partial charge in [-0.25, -0.2) is 9.79 Å². The fourth-order valence-electron chi connectivity index (χ4n) is 3.06. The molecule has 3 aromatic rings. The van der Waals surface area contributed by atoms with Crippen LogP contribution in [0.2, 0.25) is 0 Å². The Kier molecular flexibility index (Phi) is 6.72. The van der Waals surface area contributed by atoms with Crippen LogP contribution in [0.3, 0.4) is 0 Å². The van der Waals surface area contributed by atoms with E-state index in [9.17, 15) is 9.90 Å². The number of hydrogen-bond acceptors (Lipinski definition) is 6. The van der Waals surface area contributed by atoms with Crippen LogP contribution in [0.25, 0.3) is 6.08 Å². The third-order valence-electron chi connectivity index (χ3n) is 4.49. The van der Waals surface area contributed by atoms with Crippen LogP contribution in [-0.4, -0.2) is 22.7 Å². The number of hydrogen-bond donors (Lipinski definition) is 1. The minimum Gasteiger partial charge on any atom is -0.506 e. The number of carbonyl (C=O) groups excluding carboxylic acids is 1. The van der Waals surface area contributed by atoms with Crippen molar-refractivity contribution in [2.24, 2.45) is 4.99 Å². The highest BCUT2D eigenvalue weighted by Gasteiger charge is 2.33. The molecule has 0 saturated heterocycles. The average molecular weight is 444 g/mol. The summed E-state index contributed by atoms with van der Waals surface area (Å²) in [6.07, 6.45) is 1.80. The first-order valence-corrected chi connectivity index (χ1v) is 10.9. The number of aliphatic hydroxyl groups is 1. The largest absolute Gasteiger partial charge is 0.506 e. The molecule has 0 aromatic heterocycles. The van der Waals surface area contributed by atoms with E-state index in [1.165, 1.54) is 11.8 Å². The first-order valence-electron chi connectivity index (χ1n) is 10.1. The molecule has 0 bridgehead atoms. The summed E-state index contributed by atoms with van der Waals surface area (Å²) in [5.41, 5.74) is 1.57. The molecule has 0 radical (unpaired) electrons. The zero-order chi connectivity index (χ0) is 22.3. The van der Waals surface area contributed by atoms with Gasteiger partial charge in [0.05, 0.1) is 17.2 Å². The number of nitrogens with zero attached hydrogens (tertiary/aromatic N) is 1. The van der Waals surface area contributed by atoms with Gasteiger partial charge in [0.15, 0.2) is 0 Å². The van der Waals surface area contributed by atoms with E-state index < -0.39 is 5.97 Å². The van der Waals surface area contributed by atoms with Crippen LogP contribution in [-0.2, 0) is 9.53 Å². The van der Waals surface area contributed by atoms with E-state index in [-0.39, 0.29) is 17.9 Å². The van der Waals surface area contributed by atoms with Crippen molar-refractivity contribution in [2.75, 3.05) is 6.61 Å². The maximum Gasteiger partial charge on any atom is 0.344 e. The van der Waals surface area contributed by atoms with E-state index in [4.69, 9.17) is 9.47 Å². The van der Waals surface area contributed by atoms with Crippen molar-refractivity contribution >= 4 is 34.5 Å². The van der Waals surface area contributed by atoms with Crippen molar-refractivity contribution in [1.29, 1.82) is 0 Å². The Morgan fingerprint density at radius 2 is 1.66 bits per heavy atom. The third kappa shape index (κ3) is 5.10. The first kappa shape index (κ1) is 21.5. The van der Waals surface area contributed by atoms with Crippen LogP contribution in [0.4, 0.5) is 5.69 Å². The molecule has 4 rings (SSSR count). The number of thioether (sulfide) groups is 1. The number of rotatable bonds is 6. The van der Waals surface area contributed by atoms with Gasteiger partial charge in [0.2, 0.25) is 0 Å². The second kappa shape index (κ2) is 10.0. The fourth-order valence-corrected chi connectivity index (χ4v) is 4.09. The van der Waals surface area contributed by atoms with Gasteiger partial charge in [0.1, 0.15) is 27.9 Å². The lowest BCUT2D eigenvalue weighted by atomic mass is 10.1. The summed E-state index contributed by atoms with van der Waals surface area (Å²) >= 11 is 1.23. The van der Waals surface area contributed by atoms with Crippen LogP contribution < -0.4 is 4.74 Å². The Balaban J connectivity index is 1.66. The van der Waals surface area contributed by atoms with Crippen molar-refractivity contribution in [2.45, 2.75) is 6.92 Å². The van der Waals surface area contributed by atoms with Crippen LogP contribution >= 0.6 is 11.8 Å². The number of benzene rings is 3. The predicted molar refractivity (Wildman–Crippen MR) is 128 cm³/mol. The van der Waals surface area contributed by atoms with Crippen molar-refractivity contribution in [3.05, 3.63) is 107 Å². The molecule has 0 atom stereocenters. The number of carbonyl (C=O) groups is 1. The molecule has 0 fully saturated rings. The van der Waals surface area contributed by atoms with E-state index in [0.717, 1.165) is 11.3 Å². The quantitative estimate of drug-likeness (QED) is 0.431. The molecule has 3 aromatic carbocycles. The number of para-hydroxylation sites is 2. The standard InChI is InChI=1S/C26H21NO4S/c1-2-30-26(29)23-24(28)22(32-25(23)27-19-11-5-3-6-12-19)17-18-10-9-15-21(16-18)31-20-13-7-4-8-14-20/h3-17,28H,2H2,1H3. The summed E-state index contributed by atoms with van der Waals surface area (Å²) < 4.78 is 11.0. The molecule has 0 aliphatic carbocycles. The van der Waals surface area contributed by atoms with Gasteiger partial charge in [0.25, 0.3) is 0 Å². The first-order chi connectivity index (χ1) is 15.6. The molecule has 160 valence electrons. The minimum absolute atomic E-state index is 0.0728. The molecule has 1 N–H and O–H groups in total. The van der Waals surface area contributed by atoms with Gasteiger partial charge in [-0.2, -0.15) is 0 Å². The van der Waals surface area contributed by atoms with Crippen molar-refractivity contribution in [3.63, 3.8) is 0 Å². The van der Waals surface area contributed by atoms with Crippen molar-refractivity contribution in [3.8, 4) is 11.5 Å². The average Bonchev–Trinajstić information content (AvgIpc) is 3.10. The highest BCUT2D eigenvalue weighted by atomic mass is 32.2. The van der Waals surface area contributed by atoms with Crippen LogP contribution in [0.1, 0.15) is 12.5 Å². The summed E-state index contributed by atoms with van der Waals surface area (Å²) in [6.45, 7) is 1.93. The molecule has 1 heterocycles. The summed E-state index contributed by atoms with van der Waals surface area (Å²) in [6, 6.07) is 26.3. The zero-order valence-corrected chi connectivity index (χ0v) is 18.2. The molecule has 1 aliphatic heterocycles. The molecular formula is C26H21NO4S. The minimum atomic E-state index is -0.600. The molecule has 6 heteroatoms. The monoisotopic (exact) mass is 443 g/mol. The zero-order valence-electron chi connectivity index (χ0n) is 17.4. The third-order valence-corrected chi connectivity index (χ3v) is 5.51. The molecule has 0 saturated carbocycles. The SMILES string of the molecule is CCOC(=O)C1=C(O)C(=Cc2cccc(Oc3ccccc3)c2)SC1=Nc1ccccc1. The van der Waals surface area contributed by atoms with Gasteiger partial charge in [0, 0.05) is 0 Å². The Hall–Kier alpha value is -3.77. The summed E-state index contributed by atoms with van der Waals surface area (Å²) in [7, 11) is 0. The number of aliphatic imine (C=N–C) groups is 1. The normalized spacial score (nSPS) is 15.9. The predicted octanol–water partition coefficient (Wildman–Crippen LogP) is 6.67. The van der Waals surface area contributed by atoms with E-state index in [1.807, 2.05) is 84.9 Å². The summed E-state index contributed by atoms with van der Waals surface area (Å²) in [5, 5.41) is 11.2. The van der Waals surface area contributed by atoms with Gasteiger partial charge in [-0.3, -0.25) is 0 Å². The second-order valence-corrected chi connectivity index (χ2v) is 7.83. The Morgan fingerprint density at radius 1 is 0.969 bits per heavy atom. The van der Waals surface area contributed by atoms with E-state index in [1.54, 1.807) is 13.0 Å². The summed E-state index contributed by atoms with van der Waals surface area (Å²) in [4.78, 5) is 17.6. The van der Waals surface area contributed by atoms with Gasteiger partial charge < -0.3 is 14.6 Å². The van der Waals surface area contributed by atoms with E-state index in [0.29, 0.717) is 21.4 Å². The maximum atomic E-state index is 12.5. The van der Waals surface area contributed by atoms with Gasteiger partial charge >= 0.3 is 5.97 Å². The van der Waals surface area contributed by atoms with Crippen LogP contribution in [0, 0.1) is 0 Å². The molecule has 0 spiro atoms. The lowest BCUT2D eigenvalue weighted by Crippen LogP contribution is -2.12. The van der Waals surface area contributed by atoms with Crippen molar-refractivity contribution < 1.29 is 19.4 Å². The smallest absolute Gasteiger partial charge is 0.344 e. The number of esters is 1. The molecule has 0 amide bonds. The highest BCUT2D eigenvalue weighted by molar-refractivity contribution is 8.18. The molecule has 5 nitrogen and oxygen atoms in total. The van der Waals surface area contributed by atoms with E-state index >= 15 is 0 Å². The second-order valence-electron chi connectivity index (χ2n) is 6.79. The molecular weight excluding hydrogens is 422 g/mol. The topological polar surface area (TPSA) is 68.1 Å². The highest BCUT2D eigenvalue weighted by Crippen LogP contribution is 2.40. The Bertz CT molecular complexity index is 1200. The lowest BCUT2D eigenvalue weighted by Gasteiger charge is -2.06. The Labute approximate surface area is 190 Å². The van der Waals surface area contributed by atoms with E-state index in [2.05, 4.69) is 4.99 Å². The van der Waals surface area contributed by atoms with Crippen LogP contribution in [0.15, 0.2) is 106 Å². The van der Waals surface area contributed by atoms with Gasteiger partial charge in [-0.05, 0) is 55.0 Å². The summed E-state index contributed by atoms with van der Waals surface area (Å²) in [5.74, 6) is 0.659. The van der Waals surface area contributed by atoms with Crippen molar-refractivity contribution in [1.82, 2.24) is 0 Å². The fraction of sp³-hybridized carbons (Fsp3) is 0.0769. The Morgan fingerprint density at radius 3 is 2.38 bits per heavy atom. The van der Waals surface area contributed by atoms with Gasteiger partial charge in [-0.1, -0.05) is 60.3 Å². The number of ether oxygens (including phenoxy) is 2. The molecule has 32 heavy (non-hydrogen) atoms. The lowest BCUT2D eigenvalue weighted by molar-refractivity contribution is -0.138. The van der Waals surface area contributed by atoms with Gasteiger partial charge in [-0.15, -0.1) is 0 Å². The maximum absolute atomic E-state index is 12.5. The molecule has 0 unspecified atom stereocenters. The number of aliphatic hydroxyl groups excluding tert-OH is 1.